The lowest BCUT2D eigenvalue weighted by Gasteiger charge is -2.37. The van der Waals surface area contributed by atoms with Crippen molar-refractivity contribution in [3.63, 3.8) is 0 Å². The first kappa shape index (κ1) is 21.9. The second-order valence-electron chi connectivity index (χ2n) is 7.74. The van der Waals surface area contributed by atoms with Gasteiger partial charge in [-0.15, -0.1) is 11.3 Å². The maximum Gasteiger partial charge on any atom is 0.341 e. The van der Waals surface area contributed by atoms with Gasteiger partial charge in [-0.3, -0.25) is 0 Å². The minimum absolute atomic E-state index is 0.239. The number of fused-ring (bicyclic) bond motifs is 1. The van der Waals surface area contributed by atoms with Gasteiger partial charge in [0, 0.05) is 36.7 Å². The molecule has 1 aromatic carbocycles. The number of hydrogen-bond donors (Lipinski definition) is 1. The number of nitrogens with zero attached hydrogens (tertiary/aromatic N) is 2. The van der Waals surface area contributed by atoms with Crippen LogP contribution in [0, 0.1) is 0 Å². The summed E-state index contributed by atoms with van der Waals surface area (Å²) < 4.78 is 10.6. The molecule has 0 atom stereocenters. The van der Waals surface area contributed by atoms with E-state index in [0.717, 1.165) is 61.8 Å². The number of ether oxygens (including phenoxy) is 2. The van der Waals surface area contributed by atoms with Crippen LogP contribution in [-0.4, -0.2) is 55.9 Å². The zero-order valence-corrected chi connectivity index (χ0v) is 19.7. The number of anilines is 2. The molecule has 0 unspecified atom stereocenters. The zero-order chi connectivity index (χ0) is 21.8. The molecule has 2 aromatic rings. The van der Waals surface area contributed by atoms with Gasteiger partial charge in [0.2, 0.25) is 0 Å². The standard InChI is InChI=1S/C23H29N3O3S2/c1-3-29-22(27)20-18-6-4-5-7-19(18)31-21(20)24-23(30)26-14-12-25(13-15-26)16-8-10-17(28-2)11-9-16/h8-11H,3-7,12-15H2,1-2H3,(H,24,30). The highest BCUT2D eigenvalue weighted by atomic mass is 32.1. The Bertz CT molecular complexity index is 934. The fourth-order valence-electron chi connectivity index (χ4n) is 4.21. The van der Waals surface area contributed by atoms with Crippen LogP contribution in [0.2, 0.25) is 0 Å². The molecule has 0 spiro atoms. The Balaban J connectivity index is 1.42. The van der Waals surface area contributed by atoms with Crippen LogP contribution in [0.4, 0.5) is 10.7 Å². The van der Waals surface area contributed by atoms with Crippen molar-refractivity contribution in [1.29, 1.82) is 0 Å². The number of thiophene rings is 1. The number of rotatable bonds is 5. The molecule has 31 heavy (non-hydrogen) atoms. The molecule has 1 fully saturated rings. The third-order valence-corrected chi connectivity index (χ3v) is 7.44. The van der Waals surface area contributed by atoms with Crippen LogP contribution in [-0.2, 0) is 17.6 Å². The fraction of sp³-hybridized carbons (Fsp3) is 0.478. The molecule has 1 aliphatic carbocycles. The molecule has 6 nitrogen and oxygen atoms in total. The van der Waals surface area contributed by atoms with E-state index >= 15 is 0 Å². The minimum atomic E-state index is -0.239. The number of benzene rings is 1. The van der Waals surface area contributed by atoms with E-state index in [1.165, 1.54) is 17.0 Å². The molecule has 166 valence electrons. The molecule has 0 bridgehead atoms. The molecule has 1 aliphatic heterocycles. The van der Waals surface area contributed by atoms with Gasteiger partial charge in [-0.1, -0.05) is 0 Å². The molecular formula is C23H29N3O3S2. The average molecular weight is 460 g/mol. The molecule has 8 heteroatoms. The van der Waals surface area contributed by atoms with Crippen LogP contribution in [0.25, 0.3) is 0 Å². The van der Waals surface area contributed by atoms with Crippen molar-refractivity contribution in [2.24, 2.45) is 0 Å². The Morgan fingerprint density at radius 3 is 2.52 bits per heavy atom. The maximum absolute atomic E-state index is 12.7. The van der Waals surface area contributed by atoms with Crippen molar-refractivity contribution < 1.29 is 14.3 Å². The Labute approximate surface area is 193 Å². The first-order valence-electron chi connectivity index (χ1n) is 10.9. The van der Waals surface area contributed by atoms with E-state index in [1.54, 1.807) is 18.4 Å². The van der Waals surface area contributed by atoms with Crippen LogP contribution in [0.1, 0.15) is 40.6 Å². The van der Waals surface area contributed by atoms with Gasteiger partial charge < -0.3 is 24.6 Å². The van der Waals surface area contributed by atoms with Gasteiger partial charge in [0.05, 0.1) is 19.3 Å². The molecule has 0 saturated carbocycles. The van der Waals surface area contributed by atoms with Crippen LogP contribution >= 0.6 is 23.6 Å². The normalized spacial score (nSPS) is 15.9. The largest absolute Gasteiger partial charge is 0.497 e. The van der Waals surface area contributed by atoms with Gasteiger partial charge in [-0.2, -0.15) is 0 Å². The quantitative estimate of drug-likeness (QED) is 0.528. The number of esters is 1. The highest BCUT2D eigenvalue weighted by Gasteiger charge is 2.28. The Kier molecular flexibility index (Phi) is 6.97. The zero-order valence-electron chi connectivity index (χ0n) is 18.1. The van der Waals surface area contributed by atoms with E-state index in [0.29, 0.717) is 17.3 Å². The lowest BCUT2D eigenvalue weighted by Crippen LogP contribution is -2.50. The summed E-state index contributed by atoms with van der Waals surface area (Å²) in [5.74, 6) is 0.625. The summed E-state index contributed by atoms with van der Waals surface area (Å²) in [7, 11) is 1.68. The molecule has 0 radical (unpaired) electrons. The SMILES string of the molecule is CCOC(=O)c1c(NC(=S)N2CCN(c3ccc(OC)cc3)CC2)sc2c1CCCC2. The van der Waals surface area contributed by atoms with Crippen molar-refractivity contribution >= 4 is 45.3 Å². The third-order valence-electron chi connectivity index (χ3n) is 5.88. The van der Waals surface area contributed by atoms with Crippen molar-refractivity contribution in [3.05, 3.63) is 40.3 Å². The minimum Gasteiger partial charge on any atom is -0.497 e. The van der Waals surface area contributed by atoms with E-state index in [-0.39, 0.29) is 5.97 Å². The highest BCUT2D eigenvalue weighted by Crippen LogP contribution is 2.38. The first-order valence-corrected chi connectivity index (χ1v) is 12.1. The van der Waals surface area contributed by atoms with Crippen molar-refractivity contribution in [2.75, 3.05) is 50.1 Å². The summed E-state index contributed by atoms with van der Waals surface area (Å²) in [5, 5.41) is 4.91. The smallest absolute Gasteiger partial charge is 0.341 e. The molecule has 1 saturated heterocycles. The summed E-state index contributed by atoms with van der Waals surface area (Å²) in [6, 6.07) is 8.16. The van der Waals surface area contributed by atoms with Gasteiger partial charge >= 0.3 is 5.97 Å². The topological polar surface area (TPSA) is 54.0 Å². The van der Waals surface area contributed by atoms with Crippen LogP contribution in [0.15, 0.2) is 24.3 Å². The van der Waals surface area contributed by atoms with Crippen molar-refractivity contribution in [2.45, 2.75) is 32.6 Å². The van der Waals surface area contributed by atoms with E-state index in [4.69, 9.17) is 21.7 Å². The van der Waals surface area contributed by atoms with Gasteiger partial charge in [-0.25, -0.2) is 4.79 Å². The molecule has 1 aromatic heterocycles. The number of methoxy groups -OCH3 is 1. The summed E-state index contributed by atoms with van der Waals surface area (Å²) >= 11 is 7.39. The Morgan fingerprint density at radius 2 is 1.84 bits per heavy atom. The lowest BCUT2D eigenvalue weighted by molar-refractivity contribution is 0.0526. The molecule has 1 N–H and O–H groups in total. The second kappa shape index (κ2) is 9.87. The van der Waals surface area contributed by atoms with Crippen molar-refractivity contribution in [3.8, 4) is 5.75 Å². The molecule has 2 aliphatic rings. The van der Waals surface area contributed by atoms with Gasteiger partial charge in [0.1, 0.15) is 10.8 Å². The molecule has 4 rings (SSSR count). The highest BCUT2D eigenvalue weighted by molar-refractivity contribution is 7.80. The summed E-state index contributed by atoms with van der Waals surface area (Å²) in [5.41, 5.74) is 3.04. The molecular weight excluding hydrogens is 430 g/mol. The monoisotopic (exact) mass is 459 g/mol. The van der Waals surface area contributed by atoms with Crippen molar-refractivity contribution in [1.82, 2.24) is 4.90 Å². The maximum atomic E-state index is 12.7. The van der Waals surface area contributed by atoms with E-state index < -0.39 is 0 Å². The molecule has 0 amide bonds. The summed E-state index contributed by atoms with van der Waals surface area (Å²) in [6.45, 7) is 5.66. The fourth-order valence-corrected chi connectivity index (χ4v) is 5.84. The number of thiocarbonyl (C=S) groups is 1. The number of aryl methyl sites for hydroxylation is 1. The third kappa shape index (κ3) is 4.80. The summed E-state index contributed by atoms with van der Waals surface area (Å²) in [4.78, 5) is 18.5. The summed E-state index contributed by atoms with van der Waals surface area (Å²) in [6.07, 6.45) is 4.26. The van der Waals surface area contributed by atoms with Crippen LogP contribution in [0.3, 0.4) is 0 Å². The first-order chi connectivity index (χ1) is 15.1. The number of carbonyl (C=O) groups excluding carboxylic acids is 1. The predicted octanol–water partition coefficient (Wildman–Crippen LogP) is 4.33. The molecule has 2 heterocycles. The van der Waals surface area contributed by atoms with Gasteiger partial charge in [0.25, 0.3) is 0 Å². The number of piperazine rings is 1. The second-order valence-corrected chi connectivity index (χ2v) is 9.23. The average Bonchev–Trinajstić information content (AvgIpc) is 3.17. The van der Waals surface area contributed by atoms with Crippen LogP contribution in [0.5, 0.6) is 5.75 Å². The van der Waals surface area contributed by atoms with E-state index in [1.807, 2.05) is 19.1 Å². The number of hydrogen-bond acceptors (Lipinski definition) is 6. The Morgan fingerprint density at radius 1 is 1.13 bits per heavy atom. The number of carbonyl (C=O) groups is 1. The Hall–Kier alpha value is -2.32. The van der Waals surface area contributed by atoms with E-state index in [2.05, 4.69) is 27.2 Å². The van der Waals surface area contributed by atoms with Gasteiger partial charge in [-0.05, 0) is 74.7 Å². The van der Waals surface area contributed by atoms with Crippen LogP contribution < -0.4 is 15.0 Å². The van der Waals surface area contributed by atoms with Gasteiger partial charge in [0.15, 0.2) is 5.11 Å². The number of nitrogens with one attached hydrogen (secondary N) is 1. The van der Waals surface area contributed by atoms with E-state index in [9.17, 15) is 4.79 Å². The predicted molar refractivity (Wildman–Crippen MR) is 130 cm³/mol. The lowest BCUT2D eigenvalue weighted by atomic mass is 9.95.